The summed E-state index contributed by atoms with van der Waals surface area (Å²) in [5, 5.41) is 14.2. The quantitative estimate of drug-likeness (QED) is 0.559. The van der Waals surface area contributed by atoms with Crippen LogP contribution in [0.5, 0.6) is 0 Å². The van der Waals surface area contributed by atoms with Crippen LogP contribution in [0, 0.1) is 0 Å². The highest BCUT2D eigenvalue weighted by Crippen LogP contribution is 1.99. The first-order valence-electron chi connectivity index (χ1n) is 7.11. The molecule has 0 aromatic rings. The number of carboxylic acids is 1. The van der Waals surface area contributed by atoms with Crippen molar-refractivity contribution in [1.29, 1.82) is 0 Å². The fourth-order valence-corrected chi connectivity index (χ4v) is 2.13. The third kappa shape index (κ3) is 7.26. The first-order valence-corrected chi connectivity index (χ1v) is 7.11. The normalized spacial score (nSPS) is 18.8. The Morgan fingerprint density at radius 1 is 1.33 bits per heavy atom. The summed E-state index contributed by atoms with van der Waals surface area (Å²) >= 11 is 0. The van der Waals surface area contributed by atoms with E-state index in [9.17, 15) is 9.59 Å². The summed E-state index contributed by atoms with van der Waals surface area (Å²) in [6, 6.07) is -1.49. The molecule has 2 amide bonds. The molecule has 1 aliphatic rings. The van der Waals surface area contributed by atoms with Crippen molar-refractivity contribution in [2.24, 2.45) is 0 Å². The largest absolute Gasteiger partial charge is 0.480 e. The van der Waals surface area contributed by atoms with Crippen molar-refractivity contribution >= 4 is 12.0 Å². The van der Waals surface area contributed by atoms with Gasteiger partial charge in [0, 0.05) is 45.8 Å². The number of amides is 2. The number of aliphatic carboxylic acids is 1. The van der Waals surface area contributed by atoms with E-state index < -0.39 is 18.0 Å². The number of nitrogens with zero attached hydrogens (tertiary/aromatic N) is 1. The van der Waals surface area contributed by atoms with Gasteiger partial charge >= 0.3 is 12.0 Å². The van der Waals surface area contributed by atoms with Gasteiger partial charge in [-0.15, -0.1) is 0 Å². The summed E-state index contributed by atoms with van der Waals surface area (Å²) in [4.78, 5) is 25.0. The number of rotatable bonds is 8. The van der Waals surface area contributed by atoms with Crippen LogP contribution in [0.2, 0.25) is 0 Å². The lowest BCUT2D eigenvalue weighted by molar-refractivity contribution is -0.139. The zero-order valence-corrected chi connectivity index (χ0v) is 12.6. The second kappa shape index (κ2) is 9.54. The van der Waals surface area contributed by atoms with E-state index in [4.69, 9.17) is 14.6 Å². The van der Waals surface area contributed by atoms with Crippen molar-refractivity contribution in [2.45, 2.75) is 25.4 Å². The molecule has 2 atom stereocenters. The maximum atomic E-state index is 11.8. The molecule has 1 saturated heterocycles. The molecule has 3 N–H and O–H groups in total. The van der Waals surface area contributed by atoms with Gasteiger partial charge in [-0.2, -0.15) is 0 Å². The first kappa shape index (κ1) is 17.7. The number of hydrogen-bond acceptors (Lipinski definition) is 5. The van der Waals surface area contributed by atoms with Gasteiger partial charge in [-0.1, -0.05) is 0 Å². The molecule has 1 aliphatic heterocycles. The van der Waals surface area contributed by atoms with Crippen LogP contribution >= 0.6 is 0 Å². The predicted molar refractivity (Wildman–Crippen MR) is 76.3 cm³/mol. The Morgan fingerprint density at radius 2 is 2.00 bits per heavy atom. The molecule has 2 unspecified atom stereocenters. The Balaban J connectivity index is 2.31. The Kier molecular flexibility index (Phi) is 8.03. The van der Waals surface area contributed by atoms with E-state index in [-0.39, 0.29) is 19.1 Å². The molecule has 1 fully saturated rings. The third-order valence-corrected chi connectivity index (χ3v) is 3.23. The molecule has 0 bridgehead atoms. The molecular weight excluding hydrogens is 278 g/mol. The van der Waals surface area contributed by atoms with Crippen molar-refractivity contribution in [3.8, 4) is 0 Å². The monoisotopic (exact) mass is 303 g/mol. The minimum atomic E-state index is -1.07. The van der Waals surface area contributed by atoms with Gasteiger partial charge in [-0.3, -0.25) is 4.90 Å². The van der Waals surface area contributed by atoms with E-state index in [0.29, 0.717) is 19.8 Å². The molecule has 0 aromatic heterocycles. The van der Waals surface area contributed by atoms with E-state index >= 15 is 0 Å². The highest BCUT2D eigenvalue weighted by atomic mass is 16.5. The maximum Gasteiger partial charge on any atom is 0.326 e. The minimum Gasteiger partial charge on any atom is -0.480 e. The average Bonchev–Trinajstić information content (AvgIpc) is 2.44. The van der Waals surface area contributed by atoms with Crippen molar-refractivity contribution in [2.75, 3.05) is 46.6 Å². The van der Waals surface area contributed by atoms with Crippen LogP contribution in [0.4, 0.5) is 4.79 Å². The number of ether oxygens (including phenoxy) is 2. The van der Waals surface area contributed by atoms with Crippen LogP contribution in [0.25, 0.3) is 0 Å². The molecule has 0 aliphatic carbocycles. The summed E-state index contributed by atoms with van der Waals surface area (Å²) < 4.78 is 10.1. The Labute approximate surface area is 124 Å². The number of nitrogens with one attached hydrogen (secondary N) is 2. The van der Waals surface area contributed by atoms with Gasteiger partial charge in [-0.05, 0) is 6.92 Å². The number of urea groups is 1. The molecular formula is C13H25N3O5. The Bertz CT molecular complexity index is 334. The fraction of sp³-hybridized carbons (Fsp3) is 0.846. The van der Waals surface area contributed by atoms with Gasteiger partial charge in [0.15, 0.2) is 0 Å². The molecule has 1 heterocycles. The van der Waals surface area contributed by atoms with E-state index in [2.05, 4.69) is 15.5 Å². The van der Waals surface area contributed by atoms with E-state index in [1.54, 1.807) is 0 Å². The number of morpholine rings is 1. The number of carboxylic acid groups (broad SMARTS) is 1. The molecule has 8 nitrogen and oxygen atoms in total. The molecule has 0 aromatic carbocycles. The van der Waals surface area contributed by atoms with Crippen molar-refractivity contribution in [3.63, 3.8) is 0 Å². The fourth-order valence-electron chi connectivity index (χ4n) is 2.13. The summed E-state index contributed by atoms with van der Waals surface area (Å²) in [7, 11) is 1.49. The Hall–Kier alpha value is -1.38. The maximum absolute atomic E-state index is 11.8. The summed E-state index contributed by atoms with van der Waals surface area (Å²) in [5.41, 5.74) is 0. The van der Waals surface area contributed by atoms with Crippen molar-refractivity contribution < 1.29 is 24.2 Å². The van der Waals surface area contributed by atoms with Crippen LogP contribution in [0.15, 0.2) is 0 Å². The molecule has 8 heteroatoms. The van der Waals surface area contributed by atoms with Gasteiger partial charge in [0.1, 0.15) is 6.04 Å². The predicted octanol–water partition coefficient (Wildman–Crippen LogP) is -0.504. The Morgan fingerprint density at radius 3 is 2.57 bits per heavy atom. The summed E-state index contributed by atoms with van der Waals surface area (Å²) in [6.45, 7) is 5.99. The van der Waals surface area contributed by atoms with Gasteiger partial charge in [0.2, 0.25) is 0 Å². The lowest BCUT2D eigenvalue weighted by Crippen LogP contribution is -2.52. The van der Waals surface area contributed by atoms with E-state index in [1.165, 1.54) is 7.11 Å². The third-order valence-electron chi connectivity index (χ3n) is 3.23. The number of carbonyl (C=O) groups excluding carboxylic acids is 1. The SMILES string of the molecule is COCCC(NC(=O)NC(C)CN1CCOCC1)C(=O)O. The molecule has 122 valence electrons. The standard InChI is InChI=1S/C13H25N3O5/c1-10(9-16-4-7-21-8-5-16)14-13(19)15-11(12(17)18)3-6-20-2/h10-11H,3-9H2,1-2H3,(H,17,18)(H2,14,15,19). The lowest BCUT2D eigenvalue weighted by Gasteiger charge is -2.29. The number of carbonyl (C=O) groups is 2. The minimum absolute atomic E-state index is 0.0695. The molecule has 0 spiro atoms. The van der Waals surface area contributed by atoms with Crippen LogP contribution < -0.4 is 10.6 Å². The second-order valence-corrected chi connectivity index (χ2v) is 5.10. The topological polar surface area (TPSA) is 100 Å². The van der Waals surface area contributed by atoms with Crippen molar-refractivity contribution in [1.82, 2.24) is 15.5 Å². The molecule has 0 radical (unpaired) electrons. The highest BCUT2D eigenvalue weighted by molar-refractivity contribution is 5.82. The molecule has 0 saturated carbocycles. The highest BCUT2D eigenvalue weighted by Gasteiger charge is 2.21. The van der Waals surface area contributed by atoms with Crippen molar-refractivity contribution in [3.05, 3.63) is 0 Å². The van der Waals surface area contributed by atoms with Crippen LogP contribution in [-0.2, 0) is 14.3 Å². The van der Waals surface area contributed by atoms with Crippen LogP contribution in [0.3, 0.4) is 0 Å². The first-order chi connectivity index (χ1) is 10.0. The number of methoxy groups -OCH3 is 1. The second-order valence-electron chi connectivity index (χ2n) is 5.10. The summed E-state index contributed by atoms with van der Waals surface area (Å²) in [6.07, 6.45) is 0.233. The summed E-state index contributed by atoms with van der Waals surface area (Å²) in [5.74, 6) is -1.07. The van der Waals surface area contributed by atoms with Gasteiger partial charge < -0.3 is 25.2 Å². The zero-order valence-electron chi connectivity index (χ0n) is 12.6. The lowest BCUT2D eigenvalue weighted by atomic mass is 10.2. The molecule has 1 rings (SSSR count). The van der Waals surface area contributed by atoms with Gasteiger partial charge in [0.05, 0.1) is 13.2 Å². The zero-order chi connectivity index (χ0) is 15.7. The van der Waals surface area contributed by atoms with Crippen LogP contribution in [0.1, 0.15) is 13.3 Å². The van der Waals surface area contributed by atoms with Gasteiger partial charge in [0.25, 0.3) is 0 Å². The van der Waals surface area contributed by atoms with Gasteiger partial charge in [-0.25, -0.2) is 9.59 Å². The van der Waals surface area contributed by atoms with E-state index in [0.717, 1.165) is 13.1 Å². The smallest absolute Gasteiger partial charge is 0.326 e. The number of hydrogen-bond donors (Lipinski definition) is 3. The van der Waals surface area contributed by atoms with E-state index in [1.807, 2.05) is 6.92 Å². The van der Waals surface area contributed by atoms with Crippen LogP contribution in [-0.4, -0.2) is 80.7 Å². The average molecular weight is 303 g/mol. The molecule has 21 heavy (non-hydrogen) atoms.